The SMILES string of the molecule is O=C(NCCO)C(=O)Nc1ccccc1Cl. The summed E-state index contributed by atoms with van der Waals surface area (Å²) in [6, 6.07) is 6.58. The highest BCUT2D eigenvalue weighted by atomic mass is 35.5. The van der Waals surface area contributed by atoms with Gasteiger partial charge in [-0.1, -0.05) is 23.7 Å². The summed E-state index contributed by atoms with van der Waals surface area (Å²) in [5.74, 6) is -1.63. The summed E-state index contributed by atoms with van der Waals surface area (Å²) in [6.07, 6.45) is 0. The minimum atomic E-state index is -0.818. The molecule has 0 unspecified atom stereocenters. The molecule has 0 saturated heterocycles. The van der Waals surface area contributed by atoms with E-state index < -0.39 is 11.8 Å². The Labute approximate surface area is 97.4 Å². The molecule has 1 aromatic carbocycles. The molecule has 0 aliphatic carbocycles. The van der Waals surface area contributed by atoms with E-state index >= 15 is 0 Å². The Bertz CT molecular complexity index is 395. The van der Waals surface area contributed by atoms with Crippen molar-refractivity contribution in [3.63, 3.8) is 0 Å². The van der Waals surface area contributed by atoms with Gasteiger partial charge in [0.2, 0.25) is 0 Å². The van der Waals surface area contributed by atoms with Gasteiger partial charge in [-0.3, -0.25) is 9.59 Å². The molecular formula is C10H11ClN2O3. The van der Waals surface area contributed by atoms with Crippen molar-refractivity contribution in [1.82, 2.24) is 5.32 Å². The Balaban J connectivity index is 2.58. The van der Waals surface area contributed by atoms with Crippen LogP contribution in [0.5, 0.6) is 0 Å². The van der Waals surface area contributed by atoms with Crippen molar-refractivity contribution >= 4 is 29.1 Å². The summed E-state index contributed by atoms with van der Waals surface area (Å²) in [5, 5.41) is 13.4. The van der Waals surface area contributed by atoms with Crippen LogP contribution in [-0.2, 0) is 9.59 Å². The average Bonchev–Trinajstić information content (AvgIpc) is 2.28. The molecule has 1 rings (SSSR count). The van der Waals surface area contributed by atoms with Gasteiger partial charge in [0.1, 0.15) is 0 Å². The molecular weight excluding hydrogens is 232 g/mol. The molecule has 0 spiro atoms. The Morgan fingerprint density at radius 1 is 1.25 bits per heavy atom. The molecule has 0 radical (unpaired) electrons. The molecule has 0 heterocycles. The van der Waals surface area contributed by atoms with E-state index in [2.05, 4.69) is 10.6 Å². The fraction of sp³-hybridized carbons (Fsp3) is 0.200. The highest BCUT2D eigenvalue weighted by molar-refractivity contribution is 6.41. The molecule has 1 aromatic rings. The number of carbonyl (C=O) groups is 2. The molecule has 0 fully saturated rings. The number of rotatable bonds is 3. The van der Waals surface area contributed by atoms with Crippen molar-refractivity contribution in [3.05, 3.63) is 29.3 Å². The van der Waals surface area contributed by atoms with Crippen LogP contribution in [0.2, 0.25) is 5.02 Å². The summed E-state index contributed by atoms with van der Waals surface area (Å²) in [5.41, 5.74) is 0.369. The van der Waals surface area contributed by atoms with Crippen LogP contribution in [0, 0.1) is 0 Å². The predicted octanol–water partition coefficient (Wildman–Crippen LogP) is 0.387. The number of nitrogens with one attached hydrogen (secondary N) is 2. The third-order valence-electron chi connectivity index (χ3n) is 1.73. The number of aliphatic hydroxyl groups is 1. The number of aliphatic hydroxyl groups excluding tert-OH is 1. The van der Waals surface area contributed by atoms with Crippen molar-refractivity contribution in [3.8, 4) is 0 Å². The van der Waals surface area contributed by atoms with E-state index in [1.165, 1.54) is 0 Å². The largest absolute Gasteiger partial charge is 0.395 e. The summed E-state index contributed by atoms with van der Waals surface area (Å²) < 4.78 is 0. The van der Waals surface area contributed by atoms with Gasteiger partial charge >= 0.3 is 11.8 Å². The normalized spacial score (nSPS) is 9.62. The Kier molecular flexibility index (Phi) is 4.75. The molecule has 0 aliphatic rings. The molecule has 0 saturated carbocycles. The zero-order valence-electron chi connectivity index (χ0n) is 8.37. The topological polar surface area (TPSA) is 78.4 Å². The molecule has 86 valence electrons. The number of amides is 2. The van der Waals surface area contributed by atoms with E-state index in [0.717, 1.165) is 0 Å². The number of hydrogen-bond acceptors (Lipinski definition) is 3. The second-order valence-electron chi connectivity index (χ2n) is 2.91. The van der Waals surface area contributed by atoms with Crippen LogP contribution in [0.1, 0.15) is 0 Å². The van der Waals surface area contributed by atoms with E-state index in [9.17, 15) is 9.59 Å². The van der Waals surface area contributed by atoms with Crippen molar-refractivity contribution in [2.75, 3.05) is 18.5 Å². The molecule has 0 bridgehead atoms. The summed E-state index contributed by atoms with van der Waals surface area (Å²) in [4.78, 5) is 22.4. The first kappa shape index (κ1) is 12.5. The van der Waals surface area contributed by atoms with Gasteiger partial charge in [-0.2, -0.15) is 0 Å². The number of halogens is 1. The predicted molar refractivity (Wildman–Crippen MR) is 60.2 cm³/mol. The van der Waals surface area contributed by atoms with E-state index in [4.69, 9.17) is 16.7 Å². The van der Waals surface area contributed by atoms with Gasteiger partial charge in [0, 0.05) is 6.54 Å². The summed E-state index contributed by atoms with van der Waals surface area (Å²) >= 11 is 5.79. The third-order valence-corrected chi connectivity index (χ3v) is 2.06. The number of hydrogen-bond donors (Lipinski definition) is 3. The molecule has 6 heteroatoms. The lowest BCUT2D eigenvalue weighted by Gasteiger charge is -2.06. The Morgan fingerprint density at radius 3 is 2.56 bits per heavy atom. The lowest BCUT2D eigenvalue weighted by molar-refractivity contribution is -0.136. The zero-order chi connectivity index (χ0) is 12.0. The quantitative estimate of drug-likeness (QED) is 0.671. The monoisotopic (exact) mass is 242 g/mol. The van der Waals surface area contributed by atoms with Gasteiger partial charge in [-0.15, -0.1) is 0 Å². The van der Waals surface area contributed by atoms with Gasteiger partial charge in [-0.25, -0.2) is 0 Å². The lowest BCUT2D eigenvalue weighted by Crippen LogP contribution is -2.36. The number of carbonyl (C=O) groups excluding carboxylic acids is 2. The van der Waals surface area contributed by atoms with Crippen LogP contribution in [0.25, 0.3) is 0 Å². The van der Waals surface area contributed by atoms with Crippen molar-refractivity contribution < 1.29 is 14.7 Å². The second-order valence-corrected chi connectivity index (χ2v) is 3.32. The number of para-hydroxylation sites is 1. The van der Waals surface area contributed by atoms with Gasteiger partial charge in [0.25, 0.3) is 0 Å². The van der Waals surface area contributed by atoms with Gasteiger partial charge in [-0.05, 0) is 12.1 Å². The first-order valence-electron chi connectivity index (χ1n) is 4.59. The number of anilines is 1. The second kappa shape index (κ2) is 6.09. The maximum atomic E-state index is 11.3. The van der Waals surface area contributed by atoms with E-state index in [1.54, 1.807) is 24.3 Å². The van der Waals surface area contributed by atoms with E-state index in [-0.39, 0.29) is 13.2 Å². The highest BCUT2D eigenvalue weighted by Gasteiger charge is 2.13. The Hall–Kier alpha value is -1.59. The van der Waals surface area contributed by atoms with Crippen LogP contribution in [0.4, 0.5) is 5.69 Å². The summed E-state index contributed by atoms with van der Waals surface area (Å²) in [6.45, 7) is -0.181. The molecule has 5 nitrogen and oxygen atoms in total. The van der Waals surface area contributed by atoms with Crippen LogP contribution < -0.4 is 10.6 Å². The zero-order valence-corrected chi connectivity index (χ0v) is 9.12. The van der Waals surface area contributed by atoms with Gasteiger partial charge in [0.15, 0.2) is 0 Å². The number of benzene rings is 1. The van der Waals surface area contributed by atoms with E-state index in [0.29, 0.717) is 10.7 Å². The Morgan fingerprint density at radius 2 is 1.94 bits per heavy atom. The molecule has 0 aromatic heterocycles. The first-order valence-corrected chi connectivity index (χ1v) is 4.97. The smallest absolute Gasteiger partial charge is 0.313 e. The van der Waals surface area contributed by atoms with Crippen LogP contribution in [0.15, 0.2) is 24.3 Å². The average molecular weight is 243 g/mol. The fourth-order valence-electron chi connectivity index (χ4n) is 0.991. The fourth-order valence-corrected chi connectivity index (χ4v) is 1.17. The van der Waals surface area contributed by atoms with Crippen LogP contribution >= 0.6 is 11.6 Å². The molecule has 0 aliphatic heterocycles. The minimum Gasteiger partial charge on any atom is -0.395 e. The van der Waals surface area contributed by atoms with Gasteiger partial charge in [0.05, 0.1) is 17.3 Å². The highest BCUT2D eigenvalue weighted by Crippen LogP contribution is 2.19. The first-order chi connectivity index (χ1) is 7.65. The van der Waals surface area contributed by atoms with Gasteiger partial charge < -0.3 is 15.7 Å². The van der Waals surface area contributed by atoms with Crippen LogP contribution in [0.3, 0.4) is 0 Å². The maximum Gasteiger partial charge on any atom is 0.313 e. The van der Waals surface area contributed by atoms with Crippen molar-refractivity contribution in [1.29, 1.82) is 0 Å². The van der Waals surface area contributed by atoms with E-state index in [1.807, 2.05) is 0 Å². The minimum absolute atomic E-state index is 0.0365. The summed E-state index contributed by atoms with van der Waals surface area (Å²) in [7, 11) is 0. The molecule has 16 heavy (non-hydrogen) atoms. The standard InChI is InChI=1S/C10H11ClN2O3/c11-7-3-1-2-4-8(7)13-10(16)9(15)12-5-6-14/h1-4,14H,5-6H2,(H,12,15)(H,13,16). The molecule has 0 atom stereocenters. The molecule has 2 amide bonds. The maximum absolute atomic E-state index is 11.3. The van der Waals surface area contributed by atoms with Crippen molar-refractivity contribution in [2.24, 2.45) is 0 Å². The third kappa shape index (κ3) is 3.52. The van der Waals surface area contributed by atoms with Crippen molar-refractivity contribution in [2.45, 2.75) is 0 Å². The molecule has 3 N–H and O–H groups in total. The van der Waals surface area contributed by atoms with Crippen LogP contribution in [-0.4, -0.2) is 30.1 Å². The lowest BCUT2D eigenvalue weighted by atomic mass is 10.3.